The molecule has 19 nitrogen and oxygen atoms in total. The molecular weight excluding hydrogens is 1010 g/mol. The van der Waals surface area contributed by atoms with E-state index in [4.69, 9.17) is 20.1 Å². The molecule has 396 valence electrons. The molecule has 1 amide bonds. The minimum atomic E-state index is -1.19. The number of nitrogens with one attached hydrogen (secondary N) is 3. The van der Waals surface area contributed by atoms with E-state index in [0.29, 0.717) is 58.8 Å². The van der Waals surface area contributed by atoms with Gasteiger partial charge in [0.15, 0.2) is 23.3 Å². The van der Waals surface area contributed by atoms with Crippen molar-refractivity contribution in [2.75, 3.05) is 36.9 Å². The van der Waals surface area contributed by atoms with Crippen LogP contribution < -0.4 is 16.0 Å². The standard InChI is InChI=1S/C26H25F2N7O2.C24H23F2N7.C2H4O3.ClH/c1-26(2)7-5-21-32-24-16(27)9-15(10-19(24)35(21)26)23-17(28)11-29-25(33-23)31-20-4-3-14-12-34(22(37)13-36)8-6-18(14)30-20;1-24(2)7-5-20-31-22-15(25)9-14(10-18(22)33(20)24)21-16(26)12-28-23(32-21)30-19-4-3-13-11-27-8-6-17(13)29-19;3-1-2(4)5;/h3-4,9-11,36H,5-8,12-13H2,1-2H3,(H,29,30,31,33);3-4,9-10,12,27H,5-8,11H2,1-2H3,(H,28,29,30,32);3H,1H2,(H,4,5);1H. The Morgan fingerprint density at radius 1 is 0.645 bits per heavy atom. The molecule has 24 heteroatoms. The van der Waals surface area contributed by atoms with E-state index < -0.39 is 42.5 Å². The second-order valence-corrected chi connectivity index (χ2v) is 19.8. The largest absolute Gasteiger partial charge is 0.480 e. The van der Waals surface area contributed by atoms with Gasteiger partial charge in [0, 0.05) is 85.5 Å². The third kappa shape index (κ3) is 10.5. The van der Waals surface area contributed by atoms with Crippen LogP contribution in [0.5, 0.6) is 0 Å². The highest BCUT2D eigenvalue weighted by Crippen LogP contribution is 2.40. The maximum Gasteiger partial charge on any atom is 0.329 e. The summed E-state index contributed by atoms with van der Waals surface area (Å²) in [4.78, 5) is 57.5. The molecule has 0 aliphatic carbocycles. The monoisotopic (exact) mass is 1060 g/mol. The molecule has 0 saturated heterocycles. The topological polar surface area (TPSA) is 247 Å². The second kappa shape index (κ2) is 21.1. The number of aromatic nitrogens is 10. The molecule has 10 heterocycles. The van der Waals surface area contributed by atoms with E-state index in [2.05, 4.69) is 88.1 Å². The molecule has 4 aliphatic rings. The van der Waals surface area contributed by atoms with Gasteiger partial charge in [-0.15, -0.1) is 12.4 Å². The Labute approximate surface area is 438 Å². The van der Waals surface area contributed by atoms with Crippen LogP contribution in [0.15, 0.2) is 60.9 Å². The van der Waals surface area contributed by atoms with Gasteiger partial charge in [0.2, 0.25) is 17.8 Å². The Hall–Kier alpha value is -7.73. The summed E-state index contributed by atoms with van der Waals surface area (Å²) in [6, 6.07) is 13.5. The van der Waals surface area contributed by atoms with Crippen molar-refractivity contribution in [2.45, 2.75) is 90.4 Å². The highest BCUT2D eigenvalue weighted by Gasteiger charge is 2.35. The fraction of sp³-hybridized carbons (Fsp3) is 0.346. The molecular formula is C52H53ClF4N14O5. The number of aliphatic carboxylic acids is 1. The van der Waals surface area contributed by atoms with E-state index in [-0.39, 0.29) is 58.2 Å². The highest BCUT2D eigenvalue weighted by molar-refractivity contribution is 5.86. The first-order chi connectivity index (χ1) is 35.9. The lowest BCUT2D eigenvalue weighted by molar-refractivity contribution is -0.140. The van der Waals surface area contributed by atoms with Crippen LogP contribution in [0, 0.1) is 23.3 Å². The van der Waals surface area contributed by atoms with Crippen molar-refractivity contribution in [2.24, 2.45) is 0 Å². The lowest BCUT2D eigenvalue weighted by Gasteiger charge is -2.28. The number of aliphatic hydroxyl groups is 2. The number of halogens is 5. The molecule has 12 rings (SSSR count). The molecule has 76 heavy (non-hydrogen) atoms. The summed E-state index contributed by atoms with van der Waals surface area (Å²) in [7, 11) is 0. The van der Waals surface area contributed by atoms with Crippen LogP contribution in [0.2, 0.25) is 0 Å². The number of benzene rings is 2. The molecule has 2 aromatic carbocycles. The first-order valence-corrected chi connectivity index (χ1v) is 24.3. The lowest BCUT2D eigenvalue weighted by atomic mass is 10.0. The zero-order valence-corrected chi connectivity index (χ0v) is 42.6. The van der Waals surface area contributed by atoms with E-state index in [1.807, 2.05) is 22.8 Å². The normalized spacial score (nSPS) is 15.5. The number of nitrogens with zero attached hydrogens (tertiary/aromatic N) is 11. The number of pyridine rings is 2. The van der Waals surface area contributed by atoms with E-state index in [1.165, 1.54) is 12.1 Å². The summed E-state index contributed by atoms with van der Waals surface area (Å²) in [5.74, 6) is -0.761. The van der Waals surface area contributed by atoms with Crippen LogP contribution in [-0.4, -0.2) is 107 Å². The van der Waals surface area contributed by atoms with Crippen LogP contribution in [0.25, 0.3) is 44.6 Å². The summed E-state index contributed by atoms with van der Waals surface area (Å²) < 4.78 is 63.8. The maximum atomic E-state index is 15.1. The van der Waals surface area contributed by atoms with Crippen LogP contribution in [0.4, 0.5) is 41.1 Å². The third-order valence-corrected chi connectivity index (χ3v) is 13.8. The molecule has 0 spiro atoms. The fourth-order valence-corrected chi connectivity index (χ4v) is 10.1. The SMILES string of the molecule is CC1(C)CCc2nc3c(F)cc(-c4nc(Nc5ccc6c(n5)CCN(C(=O)CO)C6)ncc4F)cc3n21.CC1(C)CCc2nc3c(F)cc(-c4nc(Nc5ccc6c(n5)CCNC6)ncc4F)cc3n21.Cl.O=C(O)CO. The van der Waals surface area contributed by atoms with Crippen LogP contribution >= 0.6 is 12.4 Å². The average Bonchev–Trinajstić information content (AvgIpc) is 4.19. The van der Waals surface area contributed by atoms with Gasteiger partial charge < -0.3 is 45.3 Å². The van der Waals surface area contributed by atoms with Gasteiger partial charge in [-0.05, 0) is 88.1 Å². The molecule has 0 saturated carbocycles. The van der Waals surface area contributed by atoms with Crippen LogP contribution in [0.1, 0.15) is 74.7 Å². The van der Waals surface area contributed by atoms with Crippen molar-refractivity contribution < 1.29 is 42.5 Å². The number of hydrogen-bond donors (Lipinski definition) is 6. The first kappa shape index (κ1) is 53.1. The zero-order valence-electron chi connectivity index (χ0n) is 41.8. The number of amides is 1. The number of aryl methyl sites for hydroxylation is 2. The molecule has 4 aliphatic heterocycles. The van der Waals surface area contributed by atoms with Gasteiger partial charge in [0.05, 0.1) is 23.4 Å². The quantitative estimate of drug-likeness (QED) is 0.0825. The van der Waals surface area contributed by atoms with Gasteiger partial charge >= 0.3 is 5.97 Å². The van der Waals surface area contributed by atoms with E-state index in [0.717, 1.165) is 91.8 Å². The van der Waals surface area contributed by atoms with Gasteiger partial charge in [-0.2, -0.15) is 0 Å². The maximum absolute atomic E-state index is 15.1. The van der Waals surface area contributed by atoms with Crippen LogP contribution in [0.3, 0.4) is 0 Å². The van der Waals surface area contributed by atoms with Gasteiger partial charge in [0.1, 0.15) is 58.9 Å². The number of carboxylic acids is 1. The van der Waals surface area contributed by atoms with Crippen LogP contribution in [-0.2, 0) is 59.4 Å². The predicted molar refractivity (Wildman–Crippen MR) is 275 cm³/mol. The second-order valence-electron chi connectivity index (χ2n) is 19.8. The smallest absolute Gasteiger partial charge is 0.329 e. The van der Waals surface area contributed by atoms with E-state index in [9.17, 15) is 13.6 Å². The van der Waals surface area contributed by atoms with Crippen molar-refractivity contribution in [1.82, 2.24) is 59.2 Å². The molecule has 6 N–H and O–H groups in total. The Kier molecular flexibility index (Phi) is 14.8. The van der Waals surface area contributed by atoms with Crippen molar-refractivity contribution >= 4 is 69.9 Å². The van der Waals surface area contributed by atoms with Gasteiger partial charge in [-0.1, -0.05) is 12.1 Å². The summed E-state index contributed by atoms with van der Waals surface area (Å²) >= 11 is 0. The predicted octanol–water partition coefficient (Wildman–Crippen LogP) is 7.19. The summed E-state index contributed by atoms with van der Waals surface area (Å²) in [5.41, 5.74) is 5.98. The molecule has 8 aromatic rings. The molecule has 0 fully saturated rings. The minimum Gasteiger partial charge on any atom is -0.480 e. The third-order valence-electron chi connectivity index (χ3n) is 13.8. The Bertz CT molecular complexity index is 3570. The fourth-order valence-electron chi connectivity index (χ4n) is 10.1. The Morgan fingerprint density at radius 3 is 1.62 bits per heavy atom. The highest BCUT2D eigenvalue weighted by atomic mass is 35.5. The Balaban J connectivity index is 0.000000169. The van der Waals surface area contributed by atoms with E-state index in [1.54, 1.807) is 23.1 Å². The minimum absolute atomic E-state index is 0. The number of fused-ring (bicyclic) bond motifs is 8. The summed E-state index contributed by atoms with van der Waals surface area (Å²) in [5, 5.41) is 33.5. The number of anilines is 4. The summed E-state index contributed by atoms with van der Waals surface area (Å²) in [6.45, 7) is 9.57. The zero-order chi connectivity index (χ0) is 52.9. The number of rotatable bonds is 8. The Morgan fingerprint density at radius 2 is 1.13 bits per heavy atom. The number of hydrogen-bond acceptors (Lipinski definition) is 15. The number of aliphatic hydroxyl groups excluding tert-OH is 2. The molecule has 0 radical (unpaired) electrons. The van der Waals surface area contributed by atoms with E-state index >= 15 is 8.78 Å². The molecule has 0 unspecified atom stereocenters. The first-order valence-electron chi connectivity index (χ1n) is 24.3. The average molecular weight is 1070 g/mol. The van der Waals surface area contributed by atoms with Crippen molar-refractivity contribution in [3.8, 4) is 22.5 Å². The molecule has 6 aromatic heterocycles. The number of imidazole rings is 2. The van der Waals surface area contributed by atoms with Crippen molar-refractivity contribution in [3.05, 3.63) is 118 Å². The molecule has 0 bridgehead atoms. The number of carbonyl (C=O) groups is 2. The summed E-state index contributed by atoms with van der Waals surface area (Å²) in [6.07, 6.45) is 6.90. The van der Waals surface area contributed by atoms with Gasteiger partial charge in [0.25, 0.3) is 0 Å². The number of carboxylic acid groups (broad SMARTS) is 1. The van der Waals surface area contributed by atoms with Gasteiger partial charge in [-0.3, -0.25) is 4.79 Å². The number of carbonyl (C=O) groups excluding carboxylic acids is 1. The van der Waals surface area contributed by atoms with Crippen molar-refractivity contribution in [1.29, 1.82) is 0 Å². The van der Waals surface area contributed by atoms with Gasteiger partial charge in [-0.25, -0.2) is 62.2 Å². The lowest BCUT2D eigenvalue weighted by Crippen LogP contribution is -2.37. The molecule has 0 atom stereocenters. The van der Waals surface area contributed by atoms with Crippen molar-refractivity contribution in [3.63, 3.8) is 0 Å².